The third-order valence-corrected chi connectivity index (χ3v) is 3.62. The third-order valence-electron chi connectivity index (χ3n) is 3.62. The Morgan fingerprint density at radius 2 is 1.04 bits per heavy atom. The first-order valence-electron chi connectivity index (χ1n) is 8.06. The standard InChI is InChI=1S/2C11H12O2/c2*1-3-4-11(12)9-5-7-10(13-2)8-6-9/h2*1,5-8,11-12H,4H2,2H3/t2*11-/m00/s1. The number of methoxy groups -OCH3 is 2. The highest BCUT2D eigenvalue weighted by molar-refractivity contribution is 5.29. The lowest BCUT2D eigenvalue weighted by molar-refractivity contribution is 0.183. The summed E-state index contributed by atoms with van der Waals surface area (Å²) in [5.41, 5.74) is 1.64. The van der Waals surface area contributed by atoms with Crippen molar-refractivity contribution in [2.45, 2.75) is 25.0 Å². The molecule has 0 aliphatic heterocycles. The van der Waals surface area contributed by atoms with Crippen LogP contribution in [0.1, 0.15) is 36.2 Å². The maximum atomic E-state index is 9.50. The molecule has 0 aliphatic rings. The zero-order valence-electron chi connectivity index (χ0n) is 15.1. The quantitative estimate of drug-likeness (QED) is 0.781. The molecular weight excluding hydrogens is 328 g/mol. The summed E-state index contributed by atoms with van der Waals surface area (Å²) in [5.74, 6) is 6.38. The highest BCUT2D eigenvalue weighted by Crippen LogP contribution is 2.20. The first kappa shape index (κ1) is 21.1. The van der Waals surface area contributed by atoms with E-state index in [0.717, 1.165) is 22.6 Å². The Balaban J connectivity index is 0.000000260. The molecule has 0 spiro atoms. The highest BCUT2D eigenvalue weighted by atomic mass is 16.5. The molecule has 4 heteroatoms. The Hall–Kier alpha value is -2.92. The summed E-state index contributed by atoms with van der Waals surface area (Å²) in [7, 11) is 3.21. The number of ether oxygens (including phenoxy) is 2. The fourth-order valence-electron chi connectivity index (χ4n) is 2.11. The molecule has 2 atom stereocenters. The van der Waals surface area contributed by atoms with E-state index in [4.69, 9.17) is 22.3 Å². The van der Waals surface area contributed by atoms with Crippen LogP contribution < -0.4 is 9.47 Å². The van der Waals surface area contributed by atoms with Crippen LogP contribution >= 0.6 is 0 Å². The van der Waals surface area contributed by atoms with Gasteiger partial charge in [0.1, 0.15) is 11.5 Å². The molecule has 0 aliphatic carbocycles. The van der Waals surface area contributed by atoms with Crippen molar-refractivity contribution in [3.63, 3.8) is 0 Å². The number of aliphatic hydroxyl groups is 2. The molecule has 0 amide bonds. The van der Waals surface area contributed by atoms with Crippen molar-refractivity contribution in [1.82, 2.24) is 0 Å². The zero-order valence-corrected chi connectivity index (χ0v) is 15.1. The molecule has 136 valence electrons. The SMILES string of the molecule is C#CC[C@H](O)c1ccc(OC)cc1.C#CC[C@H](O)c1ccc(OC)cc1. The molecule has 2 aromatic rings. The first-order chi connectivity index (χ1) is 12.5. The minimum absolute atomic E-state index is 0.340. The Bertz CT molecular complexity index is 655. The fraction of sp³-hybridized carbons (Fsp3) is 0.273. The summed E-state index contributed by atoms with van der Waals surface area (Å²) in [6, 6.07) is 14.4. The molecule has 0 saturated heterocycles. The van der Waals surface area contributed by atoms with Gasteiger partial charge in [0.2, 0.25) is 0 Å². The van der Waals surface area contributed by atoms with Crippen LogP contribution in [0.4, 0.5) is 0 Å². The predicted octanol–water partition coefficient (Wildman–Crippen LogP) is 3.50. The minimum atomic E-state index is -0.573. The van der Waals surface area contributed by atoms with Gasteiger partial charge in [-0.25, -0.2) is 0 Å². The molecule has 2 N–H and O–H groups in total. The number of aliphatic hydroxyl groups excluding tert-OH is 2. The minimum Gasteiger partial charge on any atom is -0.497 e. The van der Waals surface area contributed by atoms with Crippen molar-refractivity contribution in [1.29, 1.82) is 0 Å². The van der Waals surface area contributed by atoms with Crippen molar-refractivity contribution in [2.75, 3.05) is 14.2 Å². The van der Waals surface area contributed by atoms with Crippen LogP contribution in [0.3, 0.4) is 0 Å². The van der Waals surface area contributed by atoms with Gasteiger partial charge < -0.3 is 19.7 Å². The van der Waals surface area contributed by atoms with Crippen LogP contribution in [0.2, 0.25) is 0 Å². The van der Waals surface area contributed by atoms with Crippen molar-refractivity contribution < 1.29 is 19.7 Å². The predicted molar refractivity (Wildman–Crippen MR) is 103 cm³/mol. The van der Waals surface area contributed by atoms with Gasteiger partial charge in [-0.2, -0.15) is 0 Å². The Morgan fingerprint density at radius 3 is 1.27 bits per heavy atom. The molecule has 0 radical (unpaired) electrons. The normalized spacial score (nSPS) is 11.8. The Morgan fingerprint density at radius 1 is 0.731 bits per heavy atom. The molecule has 2 rings (SSSR count). The van der Waals surface area contributed by atoms with E-state index in [1.165, 1.54) is 0 Å². The van der Waals surface area contributed by atoms with Crippen LogP contribution in [0.5, 0.6) is 11.5 Å². The number of rotatable bonds is 6. The highest BCUT2D eigenvalue weighted by Gasteiger charge is 2.05. The molecule has 26 heavy (non-hydrogen) atoms. The van der Waals surface area contributed by atoms with Crippen LogP contribution in [-0.2, 0) is 0 Å². The van der Waals surface area contributed by atoms with E-state index in [-0.39, 0.29) is 0 Å². The van der Waals surface area contributed by atoms with Gasteiger partial charge in [0.15, 0.2) is 0 Å². The fourth-order valence-corrected chi connectivity index (χ4v) is 2.11. The lowest BCUT2D eigenvalue weighted by Gasteiger charge is -2.07. The largest absolute Gasteiger partial charge is 0.497 e. The monoisotopic (exact) mass is 352 g/mol. The van der Waals surface area contributed by atoms with Gasteiger partial charge in [-0.3, -0.25) is 0 Å². The lowest BCUT2D eigenvalue weighted by atomic mass is 10.1. The van der Waals surface area contributed by atoms with Crippen LogP contribution in [-0.4, -0.2) is 24.4 Å². The average Bonchev–Trinajstić information content (AvgIpc) is 2.69. The van der Waals surface area contributed by atoms with E-state index in [9.17, 15) is 10.2 Å². The van der Waals surface area contributed by atoms with E-state index in [1.54, 1.807) is 62.8 Å². The number of terminal acetylenes is 2. The number of benzene rings is 2. The smallest absolute Gasteiger partial charge is 0.118 e. The van der Waals surface area contributed by atoms with Gasteiger partial charge in [0.05, 0.1) is 26.4 Å². The maximum Gasteiger partial charge on any atom is 0.118 e. The van der Waals surface area contributed by atoms with Crippen LogP contribution in [0.15, 0.2) is 48.5 Å². The summed E-state index contributed by atoms with van der Waals surface area (Å²) in [6.07, 6.45) is 9.71. The van der Waals surface area contributed by atoms with Gasteiger partial charge in [0, 0.05) is 12.8 Å². The van der Waals surface area contributed by atoms with Gasteiger partial charge in [0.25, 0.3) is 0 Å². The summed E-state index contributed by atoms with van der Waals surface area (Å²) in [5, 5.41) is 19.0. The van der Waals surface area contributed by atoms with E-state index >= 15 is 0 Å². The molecule has 0 saturated carbocycles. The lowest BCUT2D eigenvalue weighted by Crippen LogP contribution is -1.95. The van der Waals surface area contributed by atoms with Gasteiger partial charge in [-0.15, -0.1) is 24.7 Å². The summed E-state index contributed by atoms with van der Waals surface area (Å²) in [6.45, 7) is 0. The van der Waals surface area contributed by atoms with Gasteiger partial charge in [-0.05, 0) is 35.4 Å². The number of hydrogen-bond donors (Lipinski definition) is 2. The summed E-state index contributed by atoms with van der Waals surface area (Å²) in [4.78, 5) is 0. The van der Waals surface area contributed by atoms with E-state index < -0.39 is 12.2 Å². The molecule has 0 unspecified atom stereocenters. The Kier molecular flexibility index (Phi) is 9.43. The van der Waals surface area contributed by atoms with E-state index in [0.29, 0.717) is 12.8 Å². The molecule has 0 fully saturated rings. The second kappa shape index (κ2) is 11.6. The second-order valence-corrected chi connectivity index (χ2v) is 5.39. The van der Waals surface area contributed by atoms with Crippen LogP contribution in [0, 0.1) is 24.7 Å². The number of hydrogen-bond acceptors (Lipinski definition) is 4. The molecule has 2 aromatic carbocycles. The van der Waals surface area contributed by atoms with Crippen molar-refractivity contribution >= 4 is 0 Å². The zero-order chi connectivity index (χ0) is 19.4. The maximum absolute atomic E-state index is 9.50. The summed E-state index contributed by atoms with van der Waals surface area (Å²) < 4.78 is 9.97. The first-order valence-corrected chi connectivity index (χ1v) is 8.06. The second-order valence-electron chi connectivity index (χ2n) is 5.39. The van der Waals surface area contributed by atoms with E-state index in [2.05, 4.69) is 11.8 Å². The van der Waals surface area contributed by atoms with E-state index in [1.807, 2.05) is 0 Å². The summed E-state index contributed by atoms with van der Waals surface area (Å²) >= 11 is 0. The topological polar surface area (TPSA) is 58.9 Å². The molecule has 0 bridgehead atoms. The molecule has 4 nitrogen and oxygen atoms in total. The van der Waals surface area contributed by atoms with Crippen molar-refractivity contribution in [3.8, 4) is 36.2 Å². The molecule has 0 heterocycles. The molecular formula is C22H24O4. The third kappa shape index (κ3) is 6.91. The molecule has 0 aromatic heterocycles. The van der Waals surface area contributed by atoms with Crippen LogP contribution in [0.25, 0.3) is 0 Å². The van der Waals surface area contributed by atoms with Crippen molar-refractivity contribution in [3.05, 3.63) is 59.7 Å². The van der Waals surface area contributed by atoms with Gasteiger partial charge >= 0.3 is 0 Å². The van der Waals surface area contributed by atoms with Crippen molar-refractivity contribution in [2.24, 2.45) is 0 Å². The average molecular weight is 352 g/mol. The Labute approximate surface area is 155 Å². The van der Waals surface area contributed by atoms with Gasteiger partial charge in [-0.1, -0.05) is 24.3 Å².